The zero-order valence-electron chi connectivity index (χ0n) is 14.1. The lowest BCUT2D eigenvalue weighted by Crippen LogP contribution is -2.30. The van der Waals surface area contributed by atoms with Crippen LogP contribution in [0.4, 0.5) is 0 Å². The molecule has 0 N–H and O–H groups in total. The van der Waals surface area contributed by atoms with Gasteiger partial charge in [-0.3, -0.25) is 4.79 Å². The van der Waals surface area contributed by atoms with E-state index in [4.69, 9.17) is 0 Å². The van der Waals surface area contributed by atoms with E-state index in [0.29, 0.717) is 23.1 Å². The lowest BCUT2D eigenvalue weighted by molar-refractivity contribution is -0.299. The van der Waals surface area contributed by atoms with Crippen molar-refractivity contribution in [2.75, 3.05) is 0 Å². The molecular formula is C18H25O3-. The summed E-state index contributed by atoms with van der Waals surface area (Å²) >= 11 is 0. The molecule has 3 heteroatoms. The fourth-order valence-electron chi connectivity index (χ4n) is 2.38. The first-order chi connectivity index (χ1) is 9.39. The Kier molecular flexibility index (Phi) is 4.66. The first-order valence-corrected chi connectivity index (χ1v) is 7.33. The molecule has 1 rings (SSSR count). The average molecular weight is 289 g/mol. The highest BCUT2D eigenvalue weighted by Gasteiger charge is 2.34. The van der Waals surface area contributed by atoms with Gasteiger partial charge in [-0.1, -0.05) is 48.5 Å². The van der Waals surface area contributed by atoms with Gasteiger partial charge in [0.25, 0.3) is 0 Å². The van der Waals surface area contributed by atoms with Gasteiger partial charge in [-0.2, -0.15) is 0 Å². The van der Waals surface area contributed by atoms with Crippen molar-refractivity contribution < 1.29 is 14.7 Å². The summed E-state index contributed by atoms with van der Waals surface area (Å²) < 4.78 is 0. The molecule has 0 bridgehead atoms. The molecule has 0 aromatic rings. The van der Waals surface area contributed by atoms with Gasteiger partial charge in [-0.05, 0) is 40.5 Å². The standard InChI is InChI=1S/C18H26O3/c1-8-12(16(20)21)11-9-13(17(2,3)4)15(19)14(10-11)18(5,6)7/h9-10H,8H2,1-7H3,(H,20,21)/p-1. The predicted octanol–water partition coefficient (Wildman–Crippen LogP) is 2.97. The molecule has 0 aromatic carbocycles. The van der Waals surface area contributed by atoms with Gasteiger partial charge >= 0.3 is 0 Å². The van der Waals surface area contributed by atoms with Crippen molar-refractivity contribution in [2.45, 2.75) is 54.9 Å². The maximum absolute atomic E-state index is 12.7. The molecule has 0 unspecified atom stereocenters. The van der Waals surface area contributed by atoms with Crippen LogP contribution in [0.2, 0.25) is 0 Å². The Balaban J connectivity index is 3.64. The molecule has 0 saturated heterocycles. The third kappa shape index (κ3) is 3.72. The maximum atomic E-state index is 12.7. The fraction of sp³-hybridized carbons (Fsp3) is 0.556. The first-order valence-electron chi connectivity index (χ1n) is 7.33. The van der Waals surface area contributed by atoms with E-state index in [0.717, 1.165) is 0 Å². The van der Waals surface area contributed by atoms with Gasteiger partial charge in [-0.15, -0.1) is 0 Å². The summed E-state index contributed by atoms with van der Waals surface area (Å²) in [5.74, 6) is -1.16. The molecule has 1 aliphatic rings. The van der Waals surface area contributed by atoms with Gasteiger partial charge in [0, 0.05) is 11.1 Å². The number of aliphatic carboxylic acids is 1. The Bertz CT molecular complexity index is 522. The molecule has 0 saturated carbocycles. The third-order valence-electron chi connectivity index (χ3n) is 3.65. The lowest BCUT2D eigenvalue weighted by Gasteiger charge is -2.32. The molecule has 0 spiro atoms. The van der Waals surface area contributed by atoms with Crippen LogP contribution in [0.5, 0.6) is 0 Å². The van der Waals surface area contributed by atoms with Crippen LogP contribution in [-0.4, -0.2) is 11.8 Å². The Morgan fingerprint density at radius 1 is 1.00 bits per heavy atom. The number of Topliss-reactive ketones (excluding diaryl/α,β-unsaturated/α-hetero) is 1. The highest BCUT2D eigenvalue weighted by atomic mass is 16.4. The van der Waals surface area contributed by atoms with E-state index in [-0.39, 0.29) is 22.2 Å². The van der Waals surface area contributed by atoms with Crippen LogP contribution in [0.25, 0.3) is 0 Å². The first kappa shape index (κ1) is 17.4. The molecule has 0 fully saturated rings. The quantitative estimate of drug-likeness (QED) is 0.734. The van der Waals surface area contributed by atoms with Crippen molar-refractivity contribution in [3.63, 3.8) is 0 Å². The van der Waals surface area contributed by atoms with Crippen molar-refractivity contribution in [2.24, 2.45) is 10.8 Å². The molecule has 21 heavy (non-hydrogen) atoms. The van der Waals surface area contributed by atoms with Crippen LogP contribution in [0.3, 0.4) is 0 Å². The largest absolute Gasteiger partial charge is 0.545 e. The predicted molar refractivity (Wildman–Crippen MR) is 82.4 cm³/mol. The minimum atomic E-state index is -1.17. The number of ketones is 1. The minimum Gasteiger partial charge on any atom is -0.545 e. The van der Waals surface area contributed by atoms with E-state index in [1.54, 1.807) is 19.1 Å². The Hall–Kier alpha value is -1.64. The number of carbonyl (C=O) groups excluding carboxylic acids is 2. The van der Waals surface area contributed by atoms with E-state index >= 15 is 0 Å². The SMILES string of the molecule is CCC(C(=O)[O-])=C1C=C(C(C)(C)C)C(=O)C(C(C)(C)C)=C1. The summed E-state index contributed by atoms with van der Waals surface area (Å²) in [6.45, 7) is 13.6. The van der Waals surface area contributed by atoms with E-state index in [1.165, 1.54) is 0 Å². The van der Waals surface area contributed by atoms with E-state index < -0.39 is 5.97 Å². The van der Waals surface area contributed by atoms with Crippen molar-refractivity contribution in [1.29, 1.82) is 0 Å². The molecule has 0 aliphatic heterocycles. The number of hydrogen-bond acceptors (Lipinski definition) is 3. The second kappa shape index (κ2) is 5.63. The molecular weight excluding hydrogens is 264 g/mol. The van der Waals surface area contributed by atoms with Gasteiger partial charge in [0.15, 0.2) is 5.78 Å². The van der Waals surface area contributed by atoms with Crippen molar-refractivity contribution in [3.8, 4) is 0 Å². The molecule has 116 valence electrons. The number of hydrogen-bond donors (Lipinski definition) is 0. The zero-order valence-corrected chi connectivity index (χ0v) is 14.1. The van der Waals surface area contributed by atoms with Gasteiger partial charge in [-0.25, -0.2) is 0 Å². The Morgan fingerprint density at radius 2 is 1.38 bits per heavy atom. The van der Waals surface area contributed by atoms with Crippen molar-refractivity contribution in [3.05, 3.63) is 34.4 Å². The molecule has 1 aliphatic carbocycles. The third-order valence-corrected chi connectivity index (χ3v) is 3.65. The van der Waals surface area contributed by atoms with Crippen LogP contribution < -0.4 is 5.11 Å². The van der Waals surface area contributed by atoms with Crippen LogP contribution in [0, 0.1) is 10.8 Å². The van der Waals surface area contributed by atoms with Gasteiger partial charge in [0.2, 0.25) is 0 Å². The topological polar surface area (TPSA) is 57.2 Å². The minimum absolute atomic E-state index is 0.00699. The summed E-state index contributed by atoms with van der Waals surface area (Å²) in [6, 6.07) is 0. The maximum Gasteiger partial charge on any atom is 0.186 e. The van der Waals surface area contributed by atoms with Crippen LogP contribution >= 0.6 is 0 Å². The molecule has 0 amide bonds. The molecule has 0 atom stereocenters. The fourth-order valence-corrected chi connectivity index (χ4v) is 2.38. The smallest absolute Gasteiger partial charge is 0.186 e. The van der Waals surface area contributed by atoms with Gasteiger partial charge in [0.1, 0.15) is 0 Å². The van der Waals surface area contributed by atoms with Crippen molar-refractivity contribution >= 4 is 11.8 Å². The second-order valence-electron chi connectivity index (χ2n) is 7.52. The summed E-state index contributed by atoms with van der Waals surface area (Å²) in [5.41, 5.74) is 1.46. The van der Waals surface area contributed by atoms with Crippen LogP contribution in [0.15, 0.2) is 34.4 Å². The highest BCUT2D eigenvalue weighted by molar-refractivity contribution is 6.12. The van der Waals surface area contributed by atoms with E-state index in [9.17, 15) is 14.7 Å². The van der Waals surface area contributed by atoms with Gasteiger partial charge < -0.3 is 9.90 Å². The highest BCUT2D eigenvalue weighted by Crippen LogP contribution is 2.39. The van der Waals surface area contributed by atoms with Crippen LogP contribution in [0.1, 0.15) is 54.9 Å². The molecule has 0 radical (unpaired) electrons. The van der Waals surface area contributed by atoms with E-state index in [2.05, 4.69) is 0 Å². The summed E-state index contributed by atoms with van der Waals surface area (Å²) in [4.78, 5) is 24.0. The number of carboxylic acid groups (broad SMARTS) is 1. The average Bonchev–Trinajstić information content (AvgIpc) is 2.28. The number of carboxylic acids is 1. The summed E-state index contributed by atoms with van der Waals surface area (Å²) in [5, 5.41) is 11.3. The normalized spacial score (nSPS) is 16.5. The van der Waals surface area contributed by atoms with E-state index in [1.807, 2.05) is 41.5 Å². The second-order valence-corrected chi connectivity index (χ2v) is 7.52. The van der Waals surface area contributed by atoms with Gasteiger partial charge in [0.05, 0.1) is 5.97 Å². The lowest BCUT2D eigenvalue weighted by atomic mass is 9.71. The Morgan fingerprint density at radius 3 is 1.62 bits per heavy atom. The molecule has 0 heterocycles. The van der Waals surface area contributed by atoms with Crippen molar-refractivity contribution in [1.82, 2.24) is 0 Å². The molecule has 3 nitrogen and oxygen atoms in total. The number of rotatable bonds is 2. The Labute approximate surface area is 127 Å². The van der Waals surface area contributed by atoms with Crippen LogP contribution in [-0.2, 0) is 9.59 Å². The number of carbonyl (C=O) groups is 2. The summed E-state index contributed by atoms with van der Waals surface area (Å²) in [6.07, 6.45) is 3.80. The molecule has 0 aromatic heterocycles. The monoisotopic (exact) mass is 289 g/mol. The zero-order chi connectivity index (χ0) is 16.6. The summed E-state index contributed by atoms with van der Waals surface area (Å²) in [7, 11) is 0. The number of allylic oxidation sites excluding steroid dienone is 5.